The number of fused-ring (bicyclic) bond motifs is 6. The van der Waals surface area contributed by atoms with Gasteiger partial charge in [0.15, 0.2) is 0 Å². The first-order valence-electron chi connectivity index (χ1n) is 28.3. The van der Waals surface area contributed by atoms with E-state index in [0.29, 0.717) is 148 Å². The van der Waals surface area contributed by atoms with Crippen LogP contribution in [0.5, 0.6) is 17.2 Å². The fourth-order valence-electron chi connectivity index (χ4n) is 10.6. The fourth-order valence-corrected chi connectivity index (χ4v) is 10.8. The lowest BCUT2D eigenvalue weighted by atomic mass is 9.99. The van der Waals surface area contributed by atoms with Crippen LogP contribution in [0.2, 0.25) is 5.02 Å². The highest BCUT2D eigenvalue weighted by Crippen LogP contribution is 2.37. The largest absolute Gasteiger partial charge is 0.508 e. The fraction of sp³-hybridized carbons (Fsp3) is 0.188. The van der Waals surface area contributed by atoms with Crippen molar-refractivity contribution in [2.45, 2.75) is 13.1 Å². The Morgan fingerprint density at radius 2 is 1.10 bits per heavy atom. The van der Waals surface area contributed by atoms with Gasteiger partial charge in [-0.2, -0.15) is 0 Å². The third-order valence-electron chi connectivity index (χ3n) is 15.0. The van der Waals surface area contributed by atoms with Crippen molar-refractivity contribution >= 4 is 77.4 Å². The second kappa shape index (κ2) is 27.5. The Balaban J connectivity index is 0.000000143. The van der Waals surface area contributed by atoms with Crippen LogP contribution >= 0.6 is 11.6 Å². The molecule has 0 unspecified atom stereocenters. The molecule has 6 aromatic carbocycles. The van der Waals surface area contributed by atoms with E-state index in [1.807, 2.05) is 12.1 Å². The van der Waals surface area contributed by atoms with Gasteiger partial charge in [-0.05, 0) is 97.1 Å². The summed E-state index contributed by atoms with van der Waals surface area (Å²) in [5.74, 6) is 2.44. The van der Waals surface area contributed by atoms with Gasteiger partial charge in [-0.1, -0.05) is 35.7 Å². The van der Waals surface area contributed by atoms with Crippen molar-refractivity contribution in [1.29, 1.82) is 0 Å². The first-order valence-corrected chi connectivity index (χ1v) is 28.7. The maximum absolute atomic E-state index is 13.7. The van der Waals surface area contributed by atoms with E-state index in [4.69, 9.17) is 63.5 Å². The number of benzene rings is 6. The predicted molar refractivity (Wildman–Crippen MR) is 340 cm³/mol. The number of phenolic OH excluding ortho intramolecular Hbond substituents is 2. The Labute approximate surface area is 518 Å². The van der Waals surface area contributed by atoms with Crippen LogP contribution in [0.3, 0.4) is 0 Å². The number of para-hydroxylation sites is 1. The maximum atomic E-state index is 13.7. The van der Waals surface area contributed by atoms with Gasteiger partial charge in [0.25, 0.3) is 0 Å². The topological polar surface area (TPSA) is 265 Å². The quantitative estimate of drug-likeness (QED) is 0.0713. The molecule has 0 atom stereocenters. The molecule has 0 saturated carbocycles. The van der Waals surface area contributed by atoms with Crippen LogP contribution in [-0.2, 0) is 27.3 Å². The third-order valence-corrected chi connectivity index (χ3v) is 15.2. The molecule has 6 aromatic heterocycles. The van der Waals surface area contributed by atoms with Crippen LogP contribution in [0.15, 0.2) is 195 Å². The summed E-state index contributed by atoms with van der Waals surface area (Å²) in [5.41, 5.74) is 0.917. The molecule has 0 radical (unpaired) electrons. The van der Waals surface area contributed by atoms with Crippen molar-refractivity contribution in [1.82, 2.24) is 9.80 Å². The molecule has 0 aliphatic carbocycles. The van der Waals surface area contributed by atoms with Crippen LogP contribution in [0, 0.1) is 18.2 Å². The second-order valence-corrected chi connectivity index (χ2v) is 21.3. The van der Waals surface area contributed by atoms with Gasteiger partial charge in [-0.25, -0.2) is 33.2 Å². The molecule has 22 heteroatoms. The van der Waals surface area contributed by atoms with Crippen molar-refractivity contribution in [2.24, 2.45) is 0 Å². The number of nitrogens with zero attached hydrogens (tertiary/aromatic N) is 2. The van der Waals surface area contributed by atoms with Crippen molar-refractivity contribution < 1.29 is 60.1 Å². The molecule has 12 aromatic rings. The monoisotopic (exact) mass is 1250 g/mol. The zero-order chi connectivity index (χ0) is 63.9. The summed E-state index contributed by atoms with van der Waals surface area (Å²) in [4.78, 5) is 79.1. The summed E-state index contributed by atoms with van der Waals surface area (Å²) in [7, 11) is 3.27. The zero-order valence-corrected chi connectivity index (χ0v) is 49.5. The SMILES string of the molecule is C#CCOc1ccc2c(-c3cc4ccccc4oc3=O)cc(=O)oc2c1CN(CCOC)CCOC.O=c1cc(-c2cc3cc(Cl)ccc3oc2=O)c2ccc(O)cc2o1.O=c1cc(-c2cc3cc(F)ccc3oc2=O)c2ccc(O)c(CN3CCOCC3)c2o1. The predicted octanol–water partition coefficient (Wildman–Crippen LogP) is 10.8. The summed E-state index contributed by atoms with van der Waals surface area (Å²) < 4.78 is 67.8. The molecule has 13 rings (SSSR count). The van der Waals surface area contributed by atoms with Crippen LogP contribution in [-0.4, -0.2) is 93.4 Å². The molecular weight excluding hydrogens is 1200 g/mol. The number of terminal acetylenes is 1. The smallest absolute Gasteiger partial charge is 0.344 e. The molecular formula is C69H54ClFN2O18. The number of methoxy groups -OCH3 is 2. The van der Waals surface area contributed by atoms with E-state index in [-0.39, 0.29) is 51.5 Å². The molecule has 1 aliphatic rings. The van der Waals surface area contributed by atoms with Gasteiger partial charge in [-0.15, -0.1) is 6.42 Å². The third kappa shape index (κ3) is 13.9. The Morgan fingerprint density at radius 3 is 1.73 bits per heavy atom. The van der Waals surface area contributed by atoms with Gasteiger partial charge in [0.2, 0.25) is 0 Å². The van der Waals surface area contributed by atoms with E-state index < -0.39 is 39.6 Å². The number of hydrogen-bond acceptors (Lipinski definition) is 20. The molecule has 1 saturated heterocycles. The normalized spacial score (nSPS) is 12.5. The highest BCUT2D eigenvalue weighted by atomic mass is 35.5. The summed E-state index contributed by atoms with van der Waals surface area (Å²) in [6.07, 6.45) is 5.42. The molecule has 20 nitrogen and oxygen atoms in total. The highest BCUT2D eigenvalue weighted by molar-refractivity contribution is 6.31. The summed E-state index contributed by atoms with van der Waals surface area (Å²) in [6, 6.07) is 35.5. The number of rotatable bonds is 15. The maximum Gasteiger partial charge on any atom is 0.344 e. The molecule has 7 heterocycles. The van der Waals surface area contributed by atoms with Gasteiger partial charge in [-0.3, -0.25) is 9.80 Å². The molecule has 1 fully saturated rings. The summed E-state index contributed by atoms with van der Waals surface area (Å²) >= 11 is 5.98. The van der Waals surface area contributed by atoms with Crippen molar-refractivity contribution in [3.05, 3.63) is 224 Å². The lowest BCUT2D eigenvalue weighted by molar-refractivity contribution is 0.0339. The van der Waals surface area contributed by atoms with Gasteiger partial charge < -0.3 is 55.7 Å². The number of aromatic hydroxyl groups is 2. The minimum Gasteiger partial charge on any atom is -0.508 e. The van der Waals surface area contributed by atoms with Crippen molar-refractivity contribution in [3.8, 4) is 63.0 Å². The highest BCUT2D eigenvalue weighted by Gasteiger charge is 2.24. The summed E-state index contributed by atoms with van der Waals surface area (Å²) in [5, 5.41) is 23.9. The molecule has 0 bridgehead atoms. The second-order valence-electron chi connectivity index (χ2n) is 20.9. The van der Waals surface area contributed by atoms with E-state index in [1.54, 1.807) is 80.9 Å². The average molecular weight is 1250 g/mol. The molecule has 462 valence electrons. The standard InChI is InChI=1S/C28H27NO7.C23H18FNO6.C18H9ClO5/c1-4-13-34-25-10-9-20-21(22-16-19-7-5-6-8-24(19)35-28(22)31)17-26(30)36-27(20)23(25)18-29(11-14-32-2)12-15-33-3;24-14-1-4-20-13(9-14)10-17(23(28)30-20)16-11-21(27)31-22-15(16)2-3-19(26)18(22)12-25-5-7-29-8-6-25;19-10-1-4-15-9(5-10)6-14(18(22)24-15)13-8-17(21)23-16-7-11(20)2-3-12(13)16/h1,5-10,16-17H,11-15,18H2,2-3H3;1-4,9-11,26H,5-8,12H2;1-8,20H. The lowest BCUT2D eigenvalue weighted by Crippen LogP contribution is -2.35. The van der Waals surface area contributed by atoms with Gasteiger partial charge in [0.05, 0.1) is 54.2 Å². The summed E-state index contributed by atoms with van der Waals surface area (Å²) in [6.45, 7) is 5.53. The van der Waals surface area contributed by atoms with E-state index in [2.05, 4.69) is 15.7 Å². The van der Waals surface area contributed by atoms with E-state index >= 15 is 0 Å². The first kappa shape index (κ1) is 62.2. The Hall–Kier alpha value is -10.4. The molecule has 0 spiro atoms. The van der Waals surface area contributed by atoms with Gasteiger partial charge >= 0.3 is 33.8 Å². The van der Waals surface area contributed by atoms with E-state index in [1.165, 1.54) is 60.7 Å². The molecule has 0 amide bonds. The number of halogens is 2. The van der Waals surface area contributed by atoms with Crippen molar-refractivity contribution in [3.63, 3.8) is 0 Å². The minimum atomic E-state index is -0.671. The van der Waals surface area contributed by atoms with Crippen LogP contribution < -0.4 is 38.5 Å². The molecule has 1 aliphatic heterocycles. The van der Waals surface area contributed by atoms with Crippen molar-refractivity contribution in [2.75, 3.05) is 73.4 Å². The van der Waals surface area contributed by atoms with Crippen LogP contribution in [0.1, 0.15) is 11.1 Å². The van der Waals surface area contributed by atoms with E-state index in [0.717, 1.165) is 5.39 Å². The number of phenols is 2. The Bertz CT molecular complexity index is 5160. The number of morpholine rings is 1. The zero-order valence-electron chi connectivity index (χ0n) is 48.7. The molecule has 2 N–H and O–H groups in total. The first-order chi connectivity index (χ1) is 44.0. The number of hydrogen-bond donors (Lipinski definition) is 2. The van der Waals surface area contributed by atoms with Gasteiger partial charge in [0.1, 0.15) is 63.2 Å². The Morgan fingerprint density at radius 1 is 0.560 bits per heavy atom. The van der Waals surface area contributed by atoms with Crippen LogP contribution in [0.4, 0.5) is 4.39 Å². The van der Waals surface area contributed by atoms with Gasteiger partial charge in [0, 0.05) is 132 Å². The van der Waals surface area contributed by atoms with E-state index in [9.17, 15) is 43.4 Å². The van der Waals surface area contributed by atoms with Crippen LogP contribution in [0.25, 0.3) is 99.2 Å². The molecule has 91 heavy (non-hydrogen) atoms. The average Bonchev–Trinajstić information content (AvgIpc) is 1.20. The lowest BCUT2D eigenvalue weighted by Gasteiger charge is -2.27. The minimum absolute atomic E-state index is 0.00749. The Kier molecular flexibility index (Phi) is 18.8. The number of ether oxygens (including phenoxy) is 4.